The molecule has 0 bridgehead atoms. The Kier molecular flexibility index (Phi) is 8.92. The van der Waals surface area contributed by atoms with Gasteiger partial charge in [0.15, 0.2) is 0 Å². The monoisotopic (exact) mass is 452 g/mol. The summed E-state index contributed by atoms with van der Waals surface area (Å²) in [7, 11) is 0. The SMILES string of the molecule is CC(C)(C)NCC(O)COc1ccc(Cl)cc1/C=N/NC(=O)Nc1ccccc1Cl. The predicted molar refractivity (Wildman–Crippen MR) is 122 cm³/mol. The number of carbonyl (C=O) groups is 1. The van der Waals surface area contributed by atoms with Gasteiger partial charge in [-0.05, 0) is 51.1 Å². The van der Waals surface area contributed by atoms with Gasteiger partial charge in [0.2, 0.25) is 0 Å². The molecule has 2 rings (SSSR count). The quantitative estimate of drug-likeness (QED) is 0.355. The Morgan fingerprint density at radius 1 is 1.23 bits per heavy atom. The highest BCUT2D eigenvalue weighted by Crippen LogP contribution is 2.22. The first-order chi connectivity index (χ1) is 14.1. The van der Waals surface area contributed by atoms with Crippen LogP contribution in [0.3, 0.4) is 0 Å². The molecule has 0 saturated heterocycles. The van der Waals surface area contributed by atoms with Crippen LogP contribution in [0.25, 0.3) is 0 Å². The van der Waals surface area contributed by atoms with Crippen molar-refractivity contribution in [1.29, 1.82) is 0 Å². The molecule has 1 unspecified atom stereocenters. The average Bonchev–Trinajstić information content (AvgIpc) is 2.67. The maximum Gasteiger partial charge on any atom is 0.339 e. The molecule has 0 radical (unpaired) electrons. The van der Waals surface area contributed by atoms with Crippen LogP contribution in [-0.2, 0) is 0 Å². The number of hydrazone groups is 1. The fourth-order valence-corrected chi connectivity index (χ4v) is 2.66. The zero-order valence-corrected chi connectivity index (χ0v) is 18.6. The molecule has 30 heavy (non-hydrogen) atoms. The summed E-state index contributed by atoms with van der Waals surface area (Å²) in [6.07, 6.45) is 0.719. The van der Waals surface area contributed by atoms with Crippen molar-refractivity contribution < 1.29 is 14.6 Å². The molecule has 0 aliphatic rings. The Morgan fingerprint density at radius 2 is 1.97 bits per heavy atom. The van der Waals surface area contributed by atoms with Gasteiger partial charge < -0.3 is 20.5 Å². The Hall–Kier alpha value is -2.32. The Labute approximate surface area is 186 Å². The number of nitrogens with one attached hydrogen (secondary N) is 3. The number of hydrogen-bond donors (Lipinski definition) is 4. The number of ether oxygens (including phenoxy) is 1. The van der Waals surface area contributed by atoms with Crippen LogP contribution in [0.2, 0.25) is 10.0 Å². The van der Waals surface area contributed by atoms with Crippen LogP contribution < -0.4 is 20.8 Å². The van der Waals surface area contributed by atoms with E-state index in [2.05, 4.69) is 21.2 Å². The minimum absolute atomic E-state index is 0.0893. The molecule has 162 valence electrons. The van der Waals surface area contributed by atoms with Crippen molar-refractivity contribution in [2.75, 3.05) is 18.5 Å². The largest absolute Gasteiger partial charge is 0.490 e. The van der Waals surface area contributed by atoms with E-state index in [-0.39, 0.29) is 12.1 Å². The summed E-state index contributed by atoms with van der Waals surface area (Å²) in [4.78, 5) is 12.0. The summed E-state index contributed by atoms with van der Waals surface area (Å²) in [6, 6.07) is 11.3. The fourth-order valence-electron chi connectivity index (χ4n) is 2.29. The van der Waals surface area contributed by atoms with Crippen LogP contribution in [0.1, 0.15) is 26.3 Å². The van der Waals surface area contributed by atoms with Crippen LogP contribution in [0.15, 0.2) is 47.6 Å². The summed E-state index contributed by atoms with van der Waals surface area (Å²) in [5, 5.41) is 20.7. The van der Waals surface area contributed by atoms with Crippen LogP contribution in [0.4, 0.5) is 10.5 Å². The Bertz CT molecular complexity index is 885. The predicted octanol–water partition coefficient (Wildman–Crippen LogP) is 4.28. The minimum atomic E-state index is -0.691. The lowest BCUT2D eigenvalue weighted by atomic mass is 10.1. The number of nitrogens with zero attached hydrogens (tertiary/aromatic N) is 1. The first-order valence-electron chi connectivity index (χ1n) is 9.34. The molecule has 2 amide bonds. The van der Waals surface area contributed by atoms with E-state index < -0.39 is 12.1 Å². The number of para-hydroxylation sites is 1. The third-order valence-electron chi connectivity index (χ3n) is 3.76. The second-order valence-electron chi connectivity index (χ2n) is 7.58. The number of amides is 2. The number of aliphatic hydroxyl groups is 1. The van der Waals surface area contributed by atoms with E-state index in [4.69, 9.17) is 27.9 Å². The van der Waals surface area contributed by atoms with Gasteiger partial charge in [-0.15, -0.1) is 0 Å². The molecule has 0 aliphatic heterocycles. The van der Waals surface area contributed by atoms with E-state index in [1.54, 1.807) is 42.5 Å². The second kappa shape index (κ2) is 11.2. The van der Waals surface area contributed by atoms with Crippen molar-refractivity contribution in [3.05, 3.63) is 58.1 Å². The Morgan fingerprint density at radius 3 is 2.67 bits per heavy atom. The standard InChI is InChI=1S/C21H26Cl2N4O3/c1-21(2,3)24-12-16(28)13-30-19-9-8-15(22)10-14(19)11-25-27-20(29)26-18-7-5-4-6-17(18)23/h4-11,16,24,28H,12-13H2,1-3H3,(H2,26,27,29)/b25-11+. The number of carbonyl (C=O) groups excluding carboxylic acids is 1. The normalized spacial score (nSPS) is 12.6. The smallest absolute Gasteiger partial charge is 0.339 e. The highest BCUT2D eigenvalue weighted by Gasteiger charge is 2.13. The molecule has 2 aromatic carbocycles. The van der Waals surface area contributed by atoms with Gasteiger partial charge in [0.1, 0.15) is 18.5 Å². The zero-order valence-electron chi connectivity index (χ0n) is 17.1. The number of urea groups is 1. The number of halogens is 2. The maximum atomic E-state index is 12.0. The van der Waals surface area contributed by atoms with Crippen molar-refractivity contribution in [3.8, 4) is 5.75 Å². The molecule has 1 atom stereocenters. The summed E-state index contributed by atoms with van der Waals surface area (Å²) in [5.74, 6) is 0.478. The number of aliphatic hydroxyl groups excluding tert-OH is 1. The van der Waals surface area contributed by atoms with E-state index in [1.807, 2.05) is 20.8 Å². The zero-order chi connectivity index (χ0) is 22.1. The molecular formula is C21H26Cl2N4O3. The topological polar surface area (TPSA) is 95.0 Å². The van der Waals surface area contributed by atoms with Crippen molar-refractivity contribution in [2.45, 2.75) is 32.4 Å². The van der Waals surface area contributed by atoms with Gasteiger partial charge in [0, 0.05) is 22.7 Å². The second-order valence-corrected chi connectivity index (χ2v) is 8.43. The van der Waals surface area contributed by atoms with E-state index in [0.717, 1.165) is 0 Å². The summed E-state index contributed by atoms with van der Waals surface area (Å²) < 4.78 is 5.70. The van der Waals surface area contributed by atoms with Crippen LogP contribution >= 0.6 is 23.2 Å². The highest BCUT2D eigenvalue weighted by molar-refractivity contribution is 6.33. The average molecular weight is 453 g/mol. The number of rotatable bonds is 8. The molecule has 0 heterocycles. The van der Waals surface area contributed by atoms with Crippen LogP contribution in [0.5, 0.6) is 5.75 Å². The van der Waals surface area contributed by atoms with Gasteiger partial charge in [0.05, 0.1) is 16.9 Å². The molecule has 7 nitrogen and oxygen atoms in total. The van der Waals surface area contributed by atoms with Crippen molar-refractivity contribution in [3.63, 3.8) is 0 Å². The van der Waals surface area contributed by atoms with Gasteiger partial charge in [-0.1, -0.05) is 35.3 Å². The van der Waals surface area contributed by atoms with Crippen molar-refractivity contribution in [1.82, 2.24) is 10.7 Å². The molecule has 0 saturated carbocycles. The van der Waals surface area contributed by atoms with Crippen molar-refractivity contribution >= 4 is 41.1 Å². The van der Waals surface area contributed by atoms with Gasteiger partial charge in [0.25, 0.3) is 0 Å². The van der Waals surface area contributed by atoms with Gasteiger partial charge in [-0.3, -0.25) is 0 Å². The van der Waals surface area contributed by atoms with Crippen LogP contribution in [-0.4, -0.2) is 42.1 Å². The van der Waals surface area contributed by atoms with E-state index in [1.165, 1.54) is 6.21 Å². The third kappa shape index (κ3) is 8.59. The molecule has 4 N–H and O–H groups in total. The summed E-state index contributed by atoms with van der Waals surface area (Å²) in [5.41, 5.74) is 3.28. The molecule has 0 aliphatic carbocycles. The molecule has 2 aromatic rings. The molecule has 0 fully saturated rings. The first kappa shape index (κ1) is 24.0. The molecular weight excluding hydrogens is 427 g/mol. The number of β-amino-alcohol motifs (C(OH)–C–C–N with tert-alkyl or cyclic N) is 1. The van der Waals surface area contributed by atoms with E-state index >= 15 is 0 Å². The third-order valence-corrected chi connectivity index (χ3v) is 4.33. The highest BCUT2D eigenvalue weighted by atomic mass is 35.5. The number of benzene rings is 2. The van der Waals surface area contributed by atoms with Gasteiger partial charge in [-0.2, -0.15) is 5.10 Å². The lowest BCUT2D eigenvalue weighted by Gasteiger charge is -2.23. The lowest BCUT2D eigenvalue weighted by molar-refractivity contribution is 0.1000. The molecule has 0 spiro atoms. The van der Waals surface area contributed by atoms with Gasteiger partial charge >= 0.3 is 6.03 Å². The Balaban J connectivity index is 1.94. The number of hydrogen-bond acceptors (Lipinski definition) is 5. The maximum absolute atomic E-state index is 12.0. The lowest BCUT2D eigenvalue weighted by Crippen LogP contribution is -2.42. The minimum Gasteiger partial charge on any atom is -0.490 e. The van der Waals surface area contributed by atoms with Crippen LogP contribution in [0, 0.1) is 0 Å². The van der Waals surface area contributed by atoms with E-state index in [9.17, 15) is 9.90 Å². The molecule has 9 heteroatoms. The number of anilines is 1. The van der Waals surface area contributed by atoms with Crippen molar-refractivity contribution in [2.24, 2.45) is 5.10 Å². The fraction of sp³-hybridized carbons (Fsp3) is 0.333. The van der Waals surface area contributed by atoms with Gasteiger partial charge in [-0.25, -0.2) is 10.2 Å². The molecule has 0 aromatic heterocycles. The first-order valence-corrected chi connectivity index (χ1v) is 10.1. The van der Waals surface area contributed by atoms with E-state index in [0.29, 0.717) is 33.6 Å². The summed E-state index contributed by atoms with van der Waals surface area (Å²) >= 11 is 12.1. The summed E-state index contributed by atoms with van der Waals surface area (Å²) in [6.45, 7) is 6.53.